The number of rotatable bonds is 5. The highest BCUT2D eigenvalue weighted by Crippen LogP contribution is 2.45. The third-order valence-corrected chi connectivity index (χ3v) is 7.81. The number of amides is 1. The van der Waals surface area contributed by atoms with Gasteiger partial charge in [-0.2, -0.15) is 0 Å². The molecule has 3 aromatic carbocycles. The fourth-order valence-electron chi connectivity index (χ4n) is 4.90. The molecule has 1 amide bonds. The SMILES string of the molecule is CCOc1ccc(/C(O)=C2\C(=O)C(=O)N(c3nc4cc(F)c(F)cc4s3)C2c2cccc(C)c2)cc1C(C)(C)C. The fourth-order valence-corrected chi connectivity index (χ4v) is 5.90. The van der Waals surface area contributed by atoms with E-state index in [4.69, 9.17) is 4.74 Å². The van der Waals surface area contributed by atoms with Gasteiger partial charge in [0, 0.05) is 17.2 Å². The molecule has 6 nitrogen and oxygen atoms in total. The summed E-state index contributed by atoms with van der Waals surface area (Å²) in [6, 6.07) is 13.4. The average molecular weight is 563 g/mol. The number of carbonyl (C=O) groups excluding carboxylic acids is 2. The highest BCUT2D eigenvalue weighted by atomic mass is 32.1. The van der Waals surface area contributed by atoms with E-state index in [1.807, 2.05) is 46.8 Å². The summed E-state index contributed by atoms with van der Waals surface area (Å²) in [6.45, 7) is 10.3. The van der Waals surface area contributed by atoms with Crippen LogP contribution in [-0.2, 0) is 15.0 Å². The van der Waals surface area contributed by atoms with E-state index in [2.05, 4.69) is 4.98 Å². The second kappa shape index (κ2) is 10.1. The van der Waals surface area contributed by atoms with Crippen molar-refractivity contribution in [2.24, 2.45) is 0 Å². The molecular formula is C31H28F2N2O4S. The van der Waals surface area contributed by atoms with Crippen molar-refractivity contribution in [3.8, 4) is 5.75 Å². The summed E-state index contributed by atoms with van der Waals surface area (Å²) in [6.07, 6.45) is 0. The molecule has 0 saturated carbocycles. The van der Waals surface area contributed by atoms with Crippen LogP contribution >= 0.6 is 11.3 Å². The molecular weight excluding hydrogens is 534 g/mol. The fraction of sp³-hybridized carbons (Fsp3) is 0.258. The van der Waals surface area contributed by atoms with E-state index in [1.165, 1.54) is 4.90 Å². The Morgan fingerprint density at radius 2 is 1.80 bits per heavy atom. The predicted molar refractivity (Wildman–Crippen MR) is 152 cm³/mol. The summed E-state index contributed by atoms with van der Waals surface area (Å²) >= 11 is 0.963. The van der Waals surface area contributed by atoms with Gasteiger partial charge in [0.05, 0.1) is 28.4 Å². The highest BCUT2D eigenvalue weighted by Gasteiger charge is 2.48. The zero-order chi connectivity index (χ0) is 28.9. The lowest BCUT2D eigenvalue weighted by Crippen LogP contribution is -2.29. The molecule has 5 rings (SSSR count). The van der Waals surface area contributed by atoms with Gasteiger partial charge in [-0.1, -0.05) is 61.9 Å². The van der Waals surface area contributed by atoms with Crippen LogP contribution in [0.4, 0.5) is 13.9 Å². The van der Waals surface area contributed by atoms with Crippen LogP contribution in [0.3, 0.4) is 0 Å². The number of hydrogen-bond acceptors (Lipinski definition) is 6. The number of aromatic nitrogens is 1. The number of fused-ring (bicyclic) bond motifs is 1. The molecule has 4 aromatic rings. The number of thiazole rings is 1. The van der Waals surface area contributed by atoms with Crippen molar-refractivity contribution in [1.29, 1.82) is 0 Å². The minimum Gasteiger partial charge on any atom is -0.507 e. The smallest absolute Gasteiger partial charge is 0.301 e. The number of halogens is 2. The van der Waals surface area contributed by atoms with E-state index in [0.717, 1.165) is 34.6 Å². The number of hydrogen-bond donors (Lipinski definition) is 1. The van der Waals surface area contributed by atoms with Gasteiger partial charge in [-0.25, -0.2) is 13.8 Å². The van der Waals surface area contributed by atoms with Crippen molar-refractivity contribution in [1.82, 2.24) is 4.98 Å². The number of ketones is 1. The topological polar surface area (TPSA) is 79.7 Å². The van der Waals surface area contributed by atoms with E-state index in [-0.39, 0.29) is 27.4 Å². The molecule has 1 atom stereocenters. The first-order chi connectivity index (χ1) is 18.9. The number of aryl methyl sites for hydroxylation is 1. The van der Waals surface area contributed by atoms with Crippen molar-refractivity contribution in [2.75, 3.05) is 11.5 Å². The number of aliphatic hydroxyl groups excluding tert-OH is 1. The van der Waals surface area contributed by atoms with Crippen molar-refractivity contribution in [3.05, 3.63) is 94.1 Å². The molecule has 2 heterocycles. The summed E-state index contributed by atoms with van der Waals surface area (Å²) in [7, 11) is 0. The molecule has 40 heavy (non-hydrogen) atoms. The van der Waals surface area contributed by atoms with Gasteiger partial charge in [-0.05, 0) is 49.1 Å². The first-order valence-corrected chi connectivity index (χ1v) is 13.6. The third kappa shape index (κ3) is 4.75. The summed E-state index contributed by atoms with van der Waals surface area (Å²) in [5, 5.41) is 11.7. The first kappa shape index (κ1) is 27.5. The van der Waals surface area contributed by atoms with Gasteiger partial charge in [-0.15, -0.1) is 0 Å². The standard InChI is InChI=1S/C31H28F2N2O4S/c1-6-39-23-11-10-18(13-19(23)31(3,4)5)27(36)25-26(17-9-7-8-16(2)12-17)35(29(38)28(25)37)30-34-22-14-20(32)21(33)15-24(22)40-30/h7-15,26,36H,6H2,1-5H3/b27-25+. The third-order valence-electron chi connectivity index (χ3n) is 6.79. The second-order valence-corrected chi connectivity index (χ2v) is 11.7. The number of Topliss-reactive ketones (excluding diaryl/α,β-unsaturated/α-hetero) is 1. The van der Waals surface area contributed by atoms with Crippen LogP contribution in [-0.4, -0.2) is 28.4 Å². The molecule has 206 valence electrons. The lowest BCUT2D eigenvalue weighted by atomic mass is 9.84. The molecule has 1 unspecified atom stereocenters. The Hall–Kier alpha value is -4.11. The molecule has 0 spiro atoms. The van der Waals surface area contributed by atoms with E-state index >= 15 is 0 Å². The normalized spacial score (nSPS) is 17.2. The molecule has 1 fully saturated rings. The number of benzene rings is 3. The van der Waals surface area contributed by atoms with Gasteiger partial charge in [0.2, 0.25) is 0 Å². The Bertz CT molecular complexity index is 1660. The van der Waals surface area contributed by atoms with Crippen LogP contribution in [0.2, 0.25) is 0 Å². The van der Waals surface area contributed by atoms with Crippen LogP contribution in [0, 0.1) is 18.6 Å². The summed E-state index contributed by atoms with van der Waals surface area (Å²) < 4.78 is 34.0. The second-order valence-electron chi connectivity index (χ2n) is 10.7. The molecule has 1 saturated heterocycles. The number of aliphatic hydroxyl groups is 1. The first-order valence-electron chi connectivity index (χ1n) is 12.8. The van der Waals surface area contributed by atoms with Gasteiger partial charge in [-0.3, -0.25) is 14.5 Å². The van der Waals surface area contributed by atoms with Crippen molar-refractivity contribution >= 4 is 44.1 Å². The minimum absolute atomic E-state index is 0.0923. The summed E-state index contributed by atoms with van der Waals surface area (Å²) in [5.41, 5.74) is 2.37. The lowest BCUT2D eigenvalue weighted by molar-refractivity contribution is -0.132. The quantitative estimate of drug-likeness (QED) is 0.158. The Morgan fingerprint density at radius 1 is 1.07 bits per heavy atom. The molecule has 0 radical (unpaired) electrons. The van der Waals surface area contributed by atoms with Gasteiger partial charge >= 0.3 is 5.91 Å². The van der Waals surface area contributed by atoms with E-state index in [0.29, 0.717) is 28.2 Å². The van der Waals surface area contributed by atoms with E-state index in [9.17, 15) is 23.5 Å². The monoisotopic (exact) mass is 562 g/mol. The molecule has 9 heteroatoms. The maximum absolute atomic E-state index is 13.9. The maximum atomic E-state index is 13.9. The average Bonchev–Trinajstić information content (AvgIpc) is 3.41. The van der Waals surface area contributed by atoms with Crippen LogP contribution in [0.1, 0.15) is 56.0 Å². The zero-order valence-corrected chi connectivity index (χ0v) is 23.5. The summed E-state index contributed by atoms with van der Waals surface area (Å²) in [4.78, 5) is 32.7. The number of nitrogens with zero attached hydrogens (tertiary/aromatic N) is 2. The van der Waals surface area contributed by atoms with Gasteiger partial charge < -0.3 is 9.84 Å². The van der Waals surface area contributed by atoms with Crippen molar-refractivity contribution in [3.63, 3.8) is 0 Å². The minimum atomic E-state index is -1.06. The van der Waals surface area contributed by atoms with Crippen molar-refractivity contribution in [2.45, 2.75) is 46.1 Å². The number of ether oxygens (including phenoxy) is 1. The Kier molecular flexibility index (Phi) is 6.95. The molecule has 1 aliphatic rings. The van der Waals surface area contributed by atoms with Crippen LogP contribution in [0.5, 0.6) is 5.75 Å². The zero-order valence-electron chi connectivity index (χ0n) is 22.7. The Balaban J connectivity index is 1.73. The highest BCUT2D eigenvalue weighted by molar-refractivity contribution is 7.22. The van der Waals surface area contributed by atoms with Gasteiger partial charge in [0.15, 0.2) is 16.8 Å². The van der Waals surface area contributed by atoms with Gasteiger partial charge in [0.1, 0.15) is 11.5 Å². The van der Waals surface area contributed by atoms with E-state index in [1.54, 1.807) is 30.3 Å². The van der Waals surface area contributed by atoms with Crippen LogP contribution < -0.4 is 9.64 Å². The summed E-state index contributed by atoms with van der Waals surface area (Å²) in [5.74, 6) is -3.55. The van der Waals surface area contributed by atoms with Gasteiger partial charge in [0.25, 0.3) is 5.78 Å². The number of carbonyl (C=O) groups is 2. The van der Waals surface area contributed by atoms with Crippen LogP contribution in [0.15, 0.2) is 60.2 Å². The maximum Gasteiger partial charge on any atom is 0.301 e. The lowest BCUT2D eigenvalue weighted by Gasteiger charge is -2.25. The van der Waals surface area contributed by atoms with Crippen LogP contribution in [0.25, 0.3) is 16.0 Å². The number of anilines is 1. The molecule has 0 bridgehead atoms. The Morgan fingerprint density at radius 3 is 2.48 bits per heavy atom. The van der Waals surface area contributed by atoms with Crippen molar-refractivity contribution < 1.29 is 28.2 Å². The predicted octanol–water partition coefficient (Wildman–Crippen LogP) is 7.21. The Labute approximate surface area is 234 Å². The van der Waals surface area contributed by atoms with E-state index < -0.39 is 29.4 Å². The molecule has 0 aliphatic carbocycles. The molecule has 1 aliphatic heterocycles. The molecule has 1 N–H and O–H groups in total. The largest absolute Gasteiger partial charge is 0.507 e. The molecule has 1 aromatic heterocycles.